The Balaban J connectivity index is 2.05. The van der Waals surface area contributed by atoms with Gasteiger partial charge in [0.2, 0.25) is 0 Å². The molecule has 1 aliphatic rings. The predicted molar refractivity (Wildman–Crippen MR) is 60.7 cm³/mol. The Labute approximate surface area is 92.9 Å². The topological polar surface area (TPSA) is 37.8 Å². The van der Waals surface area contributed by atoms with Gasteiger partial charge in [0.1, 0.15) is 5.82 Å². The van der Waals surface area contributed by atoms with E-state index in [4.69, 9.17) is 0 Å². The number of aromatic nitrogens is 2. The van der Waals surface area contributed by atoms with E-state index in [1.165, 1.54) is 17.7 Å². The predicted octanol–water partition coefficient (Wildman–Crippen LogP) is 2.23. The third kappa shape index (κ3) is 2.81. The maximum Gasteiger partial charge on any atom is 0.310 e. The Morgan fingerprint density at radius 2 is 2.20 bits per heavy atom. The largest absolute Gasteiger partial charge is 0.367 e. The number of nitrogens with one attached hydrogen (secondary N) is 1. The van der Waals surface area contributed by atoms with Gasteiger partial charge in [-0.25, -0.2) is 4.98 Å². The number of aryl methyl sites for hydroxylation is 1. The number of nitrogens with zero attached hydrogens (tertiary/aromatic N) is 2. The molecule has 0 atom stereocenters. The summed E-state index contributed by atoms with van der Waals surface area (Å²) < 4.78 is 12.8. The highest BCUT2D eigenvalue weighted by Gasteiger charge is 2.15. The van der Waals surface area contributed by atoms with Crippen LogP contribution < -0.4 is 5.32 Å². The molecule has 0 unspecified atom stereocenters. The third-order valence-electron chi connectivity index (χ3n) is 2.50. The first-order valence-corrected chi connectivity index (χ1v) is 6.24. The quantitative estimate of drug-likeness (QED) is 0.786. The Morgan fingerprint density at radius 3 is 2.93 bits per heavy atom. The zero-order chi connectivity index (χ0) is 10.7. The summed E-state index contributed by atoms with van der Waals surface area (Å²) in [5.41, 5.74) is 0.898. The summed E-state index contributed by atoms with van der Waals surface area (Å²) in [6.45, 7) is 1.89. The fourth-order valence-electron chi connectivity index (χ4n) is 1.60. The number of hydrogen-bond acceptors (Lipinski definition) is 4. The molecule has 2 rings (SSSR count). The van der Waals surface area contributed by atoms with Crippen molar-refractivity contribution in [3.05, 3.63) is 17.8 Å². The Morgan fingerprint density at radius 1 is 1.47 bits per heavy atom. The summed E-state index contributed by atoms with van der Waals surface area (Å²) in [7, 11) is 0. The lowest BCUT2D eigenvalue weighted by Gasteiger charge is -2.23. The maximum absolute atomic E-state index is 12.8. The van der Waals surface area contributed by atoms with Crippen molar-refractivity contribution in [2.75, 3.05) is 16.8 Å². The van der Waals surface area contributed by atoms with Crippen LogP contribution in [-0.4, -0.2) is 27.5 Å². The van der Waals surface area contributed by atoms with Crippen LogP contribution in [0.2, 0.25) is 0 Å². The molecule has 1 N–H and O–H groups in total. The van der Waals surface area contributed by atoms with Crippen molar-refractivity contribution in [1.29, 1.82) is 0 Å². The zero-order valence-corrected chi connectivity index (χ0v) is 9.48. The molecule has 1 fully saturated rings. The molecule has 1 aromatic rings. The molecule has 0 saturated carbocycles. The highest BCUT2D eigenvalue weighted by Crippen LogP contribution is 2.21. The van der Waals surface area contributed by atoms with Gasteiger partial charge >= 0.3 is 6.08 Å². The number of halogens is 1. The first-order valence-electron chi connectivity index (χ1n) is 5.09. The normalized spacial score (nSPS) is 17.7. The van der Waals surface area contributed by atoms with Crippen molar-refractivity contribution in [3.8, 4) is 0 Å². The molecule has 82 valence electrons. The summed E-state index contributed by atoms with van der Waals surface area (Å²) in [6, 6.07) is 0.430. The van der Waals surface area contributed by atoms with Crippen LogP contribution >= 0.6 is 11.8 Å². The van der Waals surface area contributed by atoms with Gasteiger partial charge in [0.05, 0.1) is 0 Å². The fraction of sp³-hybridized carbons (Fsp3) is 0.600. The van der Waals surface area contributed by atoms with Gasteiger partial charge in [-0.05, 0) is 31.3 Å². The molecule has 0 radical (unpaired) electrons. The second-order valence-corrected chi connectivity index (χ2v) is 4.93. The van der Waals surface area contributed by atoms with Gasteiger partial charge in [-0.3, -0.25) is 0 Å². The molecule has 1 aromatic heterocycles. The molecule has 1 aliphatic heterocycles. The second kappa shape index (κ2) is 4.79. The van der Waals surface area contributed by atoms with Crippen molar-refractivity contribution in [1.82, 2.24) is 9.97 Å². The monoisotopic (exact) mass is 227 g/mol. The minimum atomic E-state index is -0.659. The van der Waals surface area contributed by atoms with Crippen molar-refractivity contribution < 1.29 is 4.39 Å². The van der Waals surface area contributed by atoms with Gasteiger partial charge in [0.15, 0.2) is 0 Å². The van der Waals surface area contributed by atoms with Crippen molar-refractivity contribution in [3.63, 3.8) is 0 Å². The smallest absolute Gasteiger partial charge is 0.310 e. The molecule has 15 heavy (non-hydrogen) atoms. The van der Waals surface area contributed by atoms with Crippen LogP contribution in [0.1, 0.15) is 18.4 Å². The number of rotatable bonds is 2. The second-order valence-electron chi connectivity index (χ2n) is 3.70. The maximum atomic E-state index is 12.8. The first-order chi connectivity index (χ1) is 7.25. The molecule has 2 heterocycles. The van der Waals surface area contributed by atoms with E-state index < -0.39 is 6.08 Å². The van der Waals surface area contributed by atoms with E-state index in [-0.39, 0.29) is 0 Å². The SMILES string of the molecule is Cc1cnc(F)nc1NC1CCSCC1. The molecule has 5 heteroatoms. The molecule has 0 aromatic carbocycles. The number of hydrogen-bond donors (Lipinski definition) is 1. The van der Waals surface area contributed by atoms with Crippen molar-refractivity contribution in [2.24, 2.45) is 0 Å². The van der Waals surface area contributed by atoms with E-state index in [0.29, 0.717) is 11.9 Å². The van der Waals surface area contributed by atoms with E-state index in [0.717, 1.165) is 18.4 Å². The Hall–Kier alpha value is -0.840. The molecular formula is C10H14FN3S. The molecule has 0 spiro atoms. The lowest BCUT2D eigenvalue weighted by Crippen LogP contribution is -2.25. The summed E-state index contributed by atoms with van der Waals surface area (Å²) in [5.74, 6) is 2.98. The van der Waals surface area contributed by atoms with Crippen molar-refractivity contribution >= 4 is 17.6 Å². The van der Waals surface area contributed by atoms with E-state index in [1.807, 2.05) is 18.7 Å². The number of thioether (sulfide) groups is 1. The number of anilines is 1. The molecular weight excluding hydrogens is 213 g/mol. The van der Waals surface area contributed by atoms with Crippen LogP contribution in [0.15, 0.2) is 6.20 Å². The zero-order valence-electron chi connectivity index (χ0n) is 8.66. The standard InChI is InChI=1S/C10H14FN3S/c1-7-6-12-10(11)14-9(7)13-8-2-4-15-5-3-8/h6,8H,2-5H2,1H3,(H,12,13,14). The highest BCUT2D eigenvalue weighted by molar-refractivity contribution is 7.99. The Bertz CT molecular complexity index is 339. The molecule has 1 saturated heterocycles. The van der Waals surface area contributed by atoms with Crippen molar-refractivity contribution in [2.45, 2.75) is 25.8 Å². The van der Waals surface area contributed by atoms with Crippen LogP contribution in [0.4, 0.5) is 10.2 Å². The molecule has 3 nitrogen and oxygen atoms in total. The summed E-state index contributed by atoms with van der Waals surface area (Å²) in [5, 5.41) is 3.29. The Kier molecular flexibility index (Phi) is 3.41. The highest BCUT2D eigenvalue weighted by atomic mass is 32.2. The lowest BCUT2D eigenvalue weighted by molar-refractivity contribution is 0.536. The van der Waals surface area contributed by atoms with Gasteiger partial charge in [-0.2, -0.15) is 21.1 Å². The van der Waals surface area contributed by atoms with E-state index in [1.54, 1.807) is 0 Å². The average molecular weight is 227 g/mol. The average Bonchev–Trinajstić information content (AvgIpc) is 2.25. The van der Waals surface area contributed by atoms with E-state index in [2.05, 4.69) is 15.3 Å². The summed E-state index contributed by atoms with van der Waals surface area (Å²) in [4.78, 5) is 7.28. The lowest BCUT2D eigenvalue weighted by atomic mass is 10.1. The molecule has 0 aliphatic carbocycles. The summed E-state index contributed by atoms with van der Waals surface area (Å²) in [6.07, 6.45) is 3.10. The van der Waals surface area contributed by atoms with Crippen LogP contribution in [0.25, 0.3) is 0 Å². The molecule has 0 amide bonds. The van der Waals surface area contributed by atoms with Crippen LogP contribution in [0.3, 0.4) is 0 Å². The van der Waals surface area contributed by atoms with Crippen LogP contribution in [-0.2, 0) is 0 Å². The molecule has 0 bridgehead atoms. The van der Waals surface area contributed by atoms with Gasteiger partial charge in [-0.1, -0.05) is 0 Å². The minimum Gasteiger partial charge on any atom is -0.367 e. The fourth-order valence-corrected chi connectivity index (χ4v) is 2.71. The first kappa shape index (κ1) is 10.7. The van der Waals surface area contributed by atoms with Crippen LogP contribution in [0.5, 0.6) is 0 Å². The summed E-state index contributed by atoms with van der Waals surface area (Å²) >= 11 is 1.97. The van der Waals surface area contributed by atoms with Gasteiger partial charge < -0.3 is 5.32 Å². The van der Waals surface area contributed by atoms with Gasteiger partial charge in [0, 0.05) is 17.8 Å². The minimum absolute atomic E-state index is 0.430. The van der Waals surface area contributed by atoms with Gasteiger partial charge in [-0.15, -0.1) is 0 Å². The van der Waals surface area contributed by atoms with E-state index >= 15 is 0 Å². The van der Waals surface area contributed by atoms with Gasteiger partial charge in [0.25, 0.3) is 0 Å². The third-order valence-corrected chi connectivity index (χ3v) is 3.55. The van der Waals surface area contributed by atoms with E-state index in [9.17, 15) is 4.39 Å². The van der Waals surface area contributed by atoms with Crippen LogP contribution in [0, 0.1) is 13.0 Å².